The van der Waals surface area contributed by atoms with Crippen molar-refractivity contribution in [2.45, 2.75) is 27.7 Å². The van der Waals surface area contributed by atoms with Crippen LogP contribution in [-0.4, -0.2) is 22.3 Å². The molecule has 2 aromatic carbocycles. The van der Waals surface area contributed by atoms with Gasteiger partial charge in [-0.2, -0.15) is 4.98 Å². The van der Waals surface area contributed by atoms with Crippen molar-refractivity contribution in [2.24, 2.45) is 0 Å². The molecule has 0 atom stereocenters. The number of rotatable bonds is 6. The minimum absolute atomic E-state index is 0.0369. The van der Waals surface area contributed by atoms with Gasteiger partial charge in [0.2, 0.25) is 5.95 Å². The molecule has 5 heteroatoms. The monoisotopic (exact) mass is 360 g/mol. The number of Topliss-reactive ketones (excluding diaryl/α,β-unsaturated/α-hetero) is 1. The van der Waals surface area contributed by atoms with Crippen molar-refractivity contribution in [3.05, 3.63) is 71.4 Å². The van der Waals surface area contributed by atoms with E-state index < -0.39 is 0 Å². The molecule has 1 N–H and O–H groups in total. The molecule has 0 aliphatic rings. The third-order valence-corrected chi connectivity index (χ3v) is 4.25. The van der Waals surface area contributed by atoms with Gasteiger partial charge in [-0.25, -0.2) is 4.98 Å². The van der Waals surface area contributed by atoms with Crippen molar-refractivity contribution < 1.29 is 4.79 Å². The lowest BCUT2D eigenvalue weighted by Gasteiger charge is -2.22. The highest BCUT2D eigenvalue weighted by atomic mass is 16.1. The van der Waals surface area contributed by atoms with E-state index in [-0.39, 0.29) is 5.78 Å². The summed E-state index contributed by atoms with van der Waals surface area (Å²) in [6.07, 6.45) is 0. The summed E-state index contributed by atoms with van der Waals surface area (Å²) >= 11 is 0. The van der Waals surface area contributed by atoms with Crippen LogP contribution < -0.4 is 10.2 Å². The van der Waals surface area contributed by atoms with Gasteiger partial charge in [0.05, 0.1) is 0 Å². The summed E-state index contributed by atoms with van der Waals surface area (Å²) in [4.78, 5) is 23.0. The third-order valence-electron chi connectivity index (χ3n) is 4.25. The Kier molecular flexibility index (Phi) is 5.50. The molecule has 1 aromatic heterocycles. The van der Waals surface area contributed by atoms with E-state index in [1.165, 1.54) is 5.56 Å². The average molecular weight is 360 g/mol. The molecule has 138 valence electrons. The summed E-state index contributed by atoms with van der Waals surface area (Å²) in [6.45, 7) is 8.42. The number of nitrogens with zero attached hydrogens (tertiary/aromatic N) is 3. The van der Waals surface area contributed by atoms with Crippen molar-refractivity contribution >= 4 is 28.9 Å². The van der Waals surface area contributed by atoms with E-state index in [2.05, 4.69) is 47.2 Å². The Morgan fingerprint density at radius 3 is 2.52 bits per heavy atom. The second kappa shape index (κ2) is 7.99. The van der Waals surface area contributed by atoms with Crippen LogP contribution in [0.25, 0.3) is 0 Å². The van der Waals surface area contributed by atoms with E-state index in [0.29, 0.717) is 17.3 Å². The number of aryl methyl sites for hydroxylation is 2. The SMILES string of the molecule is CCN(c1cccc(C)c1)c1nc(C)cc(Nc2cccc(C(C)=O)c2)n1. The fourth-order valence-electron chi connectivity index (χ4n) is 2.94. The lowest BCUT2D eigenvalue weighted by Crippen LogP contribution is -2.19. The van der Waals surface area contributed by atoms with Crippen LogP contribution in [0, 0.1) is 13.8 Å². The van der Waals surface area contributed by atoms with E-state index in [1.54, 1.807) is 13.0 Å². The highest BCUT2D eigenvalue weighted by Gasteiger charge is 2.13. The van der Waals surface area contributed by atoms with Crippen LogP contribution in [0.4, 0.5) is 23.1 Å². The Morgan fingerprint density at radius 1 is 1.04 bits per heavy atom. The molecule has 0 fully saturated rings. The number of nitrogens with one attached hydrogen (secondary N) is 1. The molecule has 3 aromatic rings. The average Bonchev–Trinajstić information content (AvgIpc) is 2.62. The zero-order valence-corrected chi connectivity index (χ0v) is 16.2. The number of ketones is 1. The molecule has 0 aliphatic heterocycles. The van der Waals surface area contributed by atoms with Crippen molar-refractivity contribution in [3.63, 3.8) is 0 Å². The first kappa shape index (κ1) is 18.6. The van der Waals surface area contributed by atoms with Crippen LogP contribution in [0.5, 0.6) is 0 Å². The molecule has 0 unspecified atom stereocenters. The minimum atomic E-state index is 0.0369. The summed E-state index contributed by atoms with van der Waals surface area (Å²) in [7, 11) is 0. The van der Waals surface area contributed by atoms with Gasteiger partial charge in [-0.1, -0.05) is 24.3 Å². The lowest BCUT2D eigenvalue weighted by atomic mass is 10.1. The highest BCUT2D eigenvalue weighted by molar-refractivity contribution is 5.95. The fourth-order valence-corrected chi connectivity index (χ4v) is 2.94. The molecule has 0 bridgehead atoms. The number of benzene rings is 2. The molecule has 1 heterocycles. The first-order valence-electron chi connectivity index (χ1n) is 9.04. The maximum Gasteiger partial charge on any atom is 0.232 e. The molecule has 0 aliphatic carbocycles. The van der Waals surface area contributed by atoms with Crippen LogP contribution in [0.2, 0.25) is 0 Å². The van der Waals surface area contributed by atoms with Gasteiger partial charge in [0.1, 0.15) is 5.82 Å². The van der Waals surface area contributed by atoms with Gasteiger partial charge in [-0.3, -0.25) is 4.79 Å². The van der Waals surface area contributed by atoms with Crippen molar-refractivity contribution in [1.82, 2.24) is 9.97 Å². The van der Waals surface area contributed by atoms with Crippen molar-refractivity contribution in [3.8, 4) is 0 Å². The first-order valence-corrected chi connectivity index (χ1v) is 9.04. The quantitative estimate of drug-likeness (QED) is 0.613. The lowest BCUT2D eigenvalue weighted by molar-refractivity contribution is 0.101. The van der Waals surface area contributed by atoms with Crippen LogP contribution in [0.15, 0.2) is 54.6 Å². The zero-order valence-electron chi connectivity index (χ0n) is 16.2. The van der Waals surface area contributed by atoms with Crippen LogP contribution in [0.1, 0.15) is 35.5 Å². The third kappa shape index (κ3) is 4.50. The summed E-state index contributed by atoms with van der Waals surface area (Å²) in [5.41, 5.74) is 4.62. The van der Waals surface area contributed by atoms with Crippen molar-refractivity contribution in [2.75, 3.05) is 16.8 Å². The Labute approximate surface area is 160 Å². The van der Waals surface area contributed by atoms with Gasteiger partial charge < -0.3 is 10.2 Å². The molecule has 0 amide bonds. The van der Waals surface area contributed by atoms with Gasteiger partial charge in [-0.15, -0.1) is 0 Å². The molecule has 3 rings (SSSR count). The second-order valence-electron chi connectivity index (χ2n) is 6.54. The number of anilines is 4. The van der Waals surface area contributed by atoms with E-state index in [0.717, 1.165) is 23.6 Å². The molecular formula is C22H24N4O. The summed E-state index contributed by atoms with van der Waals surface area (Å²) in [6, 6.07) is 17.6. The van der Waals surface area contributed by atoms with Gasteiger partial charge in [0.15, 0.2) is 5.78 Å². The van der Waals surface area contributed by atoms with Crippen LogP contribution in [-0.2, 0) is 0 Å². The van der Waals surface area contributed by atoms with E-state index in [1.807, 2.05) is 37.3 Å². The topological polar surface area (TPSA) is 58.1 Å². The Bertz CT molecular complexity index is 968. The maximum absolute atomic E-state index is 11.6. The largest absolute Gasteiger partial charge is 0.340 e. The Hall–Kier alpha value is -3.21. The molecule has 0 saturated heterocycles. The highest BCUT2D eigenvalue weighted by Crippen LogP contribution is 2.25. The molecule has 27 heavy (non-hydrogen) atoms. The van der Waals surface area contributed by atoms with Crippen molar-refractivity contribution in [1.29, 1.82) is 0 Å². The molecule has 0 radical (unpaired) electrons. The van der Waals surface area contributed by atoms with E-state index in [4.69, 9.17) is 4.98 Å². The summed E-state index contributed by atoms with van der Waals surface area (Å²) in [5, 5.41) is 3.29. The van der Waals surface area contributed by atoms with E-state index >= 15 is 0 Å². The second-order valence-corrected chi connectivity index (χ2v) is 6.54. The van der Waals surface area contributed by atoms with Crippen LogP contribution in [0.3, 0.4) is 0 Å². The fraction of sp³-hybridized carbons (Fsp3) is 0.227. The normalized spacial score (nSPS) is 10.5. The molecule has 0 saturated carbocycles. The van der Waals surface area contributed by atoms with E-state index in [9.17, 15) is 4.79 Å². The zero-order chi connectivity index (χ0) is 19.4. The number of hydrogen-bond donors (Lipinski definition) is 1. The Morgan fingerprint density at radius 2 is 1.81 bits per heavy atom. The smallest absolute Gasteiger partial charge is 0.232 e. The predicted molar refractivity (Wildman–Crippen MR) is 110 cm³/mol. The number of hydrogen-bond acceptors (Lipinski definition) is 5. The van der Waals surface area contributed by atoms with Gasteiger partial charge in [-0.05, 0) is 57.5 Å². The van der Waals surface area contributed by atoms with Gasteiger partial charge in [0.25, 0.3) is 0 Å². The number of aromatic nitrogens is 2. The maximum atomic E-state index is 11.6. The number of carbonyl (C=O) groups is 1. The first-order chi connectivity index (χ1) is 13.0. The standard InChI is InChI=1S/C22H24N4O/c1-5-26(20-11-6-8-15(2)12-20)22-23-16(3)13-21(25-22)24-19-10-7-9-18(14-19)17(4)27/h6-14H,5H2,1-4H3,(H,23,24,25). The Balaban J connectivity index is 1.94. The molecule has 5 nitrogen and oxygen atoms in total. The minimum Gasteiger partial charge on any atom is -0.340 e. The predicted octanol–water partition coefficient (Wildman–Crippen LogP) is 5.20. The summed E-state index contributed by atoms with van der Waals surface area (Å²) < 4.78 is 0. The molecular weight excluding hydrogens is 336 g/mol. The number of carbonyl (C=O) groups excluding carboxylic acids is 1. The summed E-state index contributed by atoms with van der Waals surface area (Å²) in [5.74, 6) is 1.38. The van der Waals surface area contributed by atoms with Gasteiger partial charge in [0, 0.05) is 35.2 Å². The molecule has 0 spiro atoms. The van der Waals surface area contributed by atoms with Crippen LogP contribution >= 0.6 is 0 Å². The van der Waals surface area contributed by atoms with Gasteiger partial charge >= 0.3 is 0 Å².